The predicted octanol–water partition coefficient (Wildman–Crippen LogP) is 6.08. The second-order valence-corrected chi connectivity index (χ2v) is 9.92. The summed E-state index contributed by atoms with van der Waals surface area (Å²) in [6, 6.07) is 9.50. The minimum Gasteiger partial charge on any atom is -0.406 e. The quantitative estimate of drug-likeness (QED) is 0.486. The Morgan fingerprint density at radius 1 is 1.09 bits per heavy atom. The summed E-state index contributed by atoms with van der Waals surface area (Å²) >= 11 is 0. The third kappa shape index (κ3) is 4.45. The smallest absolute Gasteiger partial charge is 0.406 e. The van der Waals surface area contributed by atoms with E-state index in [0.29, 0.717) is 28.2 Å². The zero-order chi connectivity index (χ0) is 24.0. The minimum atomic E-state index is -4.72. The van der Waals surface area contributed by atoms with E-state index in [0.717, 1.165) is 25.4 Å². The second-order valence-electron chi connectivity index (χ2n) is 9.92. The average molecular weight is 475 g/mol. The Kier molecular flexibility index (Phi) is 5.70. The number of benzene rings is 1. The van der Waals surface area contributed by atoms with E-state index in [1.165, 1.54) is 37.8 Å². The highest BCUT2D eigenvalue weighted by atomic mass is 19.4. The van der Waals surface area contributed by atoms with Gasteiger partial charge in [0.15, 0.2) is 5.65 Å². The van der Waals surface area contributed by atoms with Crippen LogP contribution in [0.4, 0.5) is 19.0 Å². The number of imidazole rings is 1. The number of ether oxygens (including phenoxy) is 2. The van der Waals surface area contributed by atoms with E-state index in [4.69, 9.17) is 4.74 Å². The lowest BCUT2D eigenvalue weighted by molar-refractivity contribution is -0.274. The van der Waals surface area contributed by atoms with E-state index >= 15 is 0 Å². The number of aromatic nitrogens is 3. The fraction of sp³-hybridized carbons (Fsp3) is 0.520. The van der Waals surface area contributed by atoms with Gasteiger partial charge in [0, 0.05) is 24.1 Å². The number of fused-ring (bicyclic) bond motifs is 1. The number of rotatable bonds is 5. The SMILES string of the molecule is CC1(C)OCCC12CCC(CNc1ccc3ncc(-c4ccc(OC(F)(F)F)cc4)n3n1)CC2. The van der Waals surface area contributed by atoms with Crippen molar-refractivity contribution >= 4 is 11.5 Å². The third-order valence-corrected chi connectivity index (χ3v) is 7.70. The summed E-state index contributed by atoms with van der Waals surface area (Å²) in [7, 11) is 0. The molecule has 0 atom stereocenters. The number of hydrogen-bond acceptors (Lipinski definition) is 5. The number of alkyl halides is 3. The molecule has 1 spiro atoms. The van der Waals surface area contributed by atoms with Gasteiger partial charge in [-0.25, -0.2) is 9.50 Å². The highest BCUT2D eigenvalue weighted by molar-refractivity contribution is 5.64. The number of nitrogens with one attached hydrogen (secondary N) is 1. The fourth-order valence-electron chi connectivity index (χ4n) is 5.48. The van der Waals surface area contributed by atoms with Gasteiger partial charge < -0.3 is 14.8 Å². The summed E-state index contributed by atoms with van der Waals surface area (Å²) in [6.45, 7) is 6.18. The van der Waals surface area contributed by atoms with Gasteiger partial charge in [0.25, 0.3) is 0 Å². The number of hydrogen-bond donors (Lipinski definition) is 1. The molecule has 0 bridgehead atoms. The molecule has 1 saturated carbocycles. The molecule has 2 aromatic heterocycles. The Morgan fingerprint density at radius 2 is 1.82 bits per heavy atom. The minimum absolute atomic E-state index is 0.0348. The van der Waals surface area contributed by atoms with Crippen LogP contribution in [0, 0.1) is 11.3 Å². The molecule has 1 N–H and O–H groups in total. The first-order valence-electron chi connectivity index (χ1n) is 11.7. The number of nitrogens with zero attached hydrogens (tertiary/aromatic N) is 3. The zero-order valence-electron chi connectivity index (χ0n) is 19.4. The van der Waals surface area contributed by atoms with Crippen LogP contribution in [0.1, 0.15) is 46.0 Å². The number of halogens is 3. The van der Waals surface area contributed by atoms with Crippen molar-refractivity contribution in [1.82, 2.24) is 14.6 Å². The predicted molar refractivity (Wildman–Crippen MR) is 123 cm³/mol. The normalized spacial score (nSPS) is 24.6. The summed E-state index contributed by atoms with van der Waals surface area (Å²) in [6.07, 6.45) is 2.84. The molecule has 3 aromatic rings. The lowest BCUT2D eigenvalue weighted by atomic mass is 9.62. The molecule has 0 amide bonds. The molecule has 34 heavy (non-hydrogen) atoms. The van der Waals surface area contributed by atoms with E-state index < -0.39 is 6.36 Å². The molecule has 182 valence electrons. The average Bonchev–Trinajstić information content (AvgIpc) is 3.33. The van der Waals surface area contributed by atoms with Crippen LogP contribution in [-0.4, -0.2) is 39.7 Å². The molecule has 9 heteroatoms. The van der Waals surface area contributed by atoms with Crippen LogP contribution in [-0.2, 0) is 4.74 Å². The molecule has 0 radical (unpaired) electrons. The van der Waals surface area contributed by atoms with Gasteiger partial charge in [0.2, 0.25) is 0 Å². The van der Waals surface area contributed by atoms with E-state index in [9.17, 15) is 13.2 Å². The topological polar surface area (TPSA) is 60.7 Å². The molecular formula is C25H29F3N4O2. The molecule has 5 rings (SSSR count). The van der Waals surface area contributed by atoms with E-state index in [-0.39, 0.29) is 11.4 Å². The van der Waals surface area contributed by atoms with Crippen molar-refractivity contribution in [3.05, 3.63) is 42.6 Å². The molecule has 2 aliphatic rings. The van der Waals surface area contributed by atoms with Crippen LogP contribution in [0.5, 0.6) is 5.75 Å². The van der Waals surface area contributed by atoms with Gasteiger partial charge in [-0.1, -0.05) is 0 Å². The first-order chi connectivity index (χ1) is 16.1. The van der Waals surface area contributed by atoms with Gasteiger partial charge >= 0.3 is 6.36 Å². The summed E-state index contributed by atoms with van der Waals surface area (Å²) in [4.78, 5) is 4.37. The third-order valence-electron chi connectivity index (χ3n) is 7.70. The van der Waals surface area contributed by atoms with Gasteiger partial charge in [-0.2, -0.15) is 0 Å². The first kappa shape index (κ1) is 23.0. The Bertz CT molecular complexity index is 1150. The number of anilines is 1. The maximum atomic E-state index is 12.4. The highest BCUT2D eigenvalue weighted by Gasteiger charge is 2.51. The van der Waals surface area contributed by atoms with Crippen molar-refractivity contribution in [3.63, 3.8) is 0 Å². The van der Waals surface area contributed by atoms with Gasteiger partial charge in [-0.05, 0) is 88.3 Å². The van der Waals surface area contributed by atoms with Gasteiger partial charge in [-0.15, -0.1) is 18.3 Å². The molecule has 3 heterocycles. The molecule has 0 unspecified atom stereocenters. The Morgan fingerprint density at radius 3 is 2.47 bits per heavy atom. The maximum Gasteiger partial charge on any atom is 0.573 e. The first-order valence-corrected chi connectivity index (χ1v) is 11.7. The summed E-state index contributed by atoms with van der Waals surface area (Å²) in [5, 5.41) is 8.16. The van der Waals surface area contributed by atoms with Crippen molar-refractivity contribution in [2.24, 2.45) is 11.3 Å². The largest absolute Gasteiger partial charge is 0.573 e. The standard InChI is InChI=1S/C25H29F3N4O2/c1-23(2)24(13-14-33-23)11-9-17(10-12-24)15-29-21-7-8-22-30-16-20(32(22)31-21)18-3-5-19(6-4-18)34-25(26,27)28/h3-8,16-17H,9-15H2,1-2H3,(H,29,31). The van der Waals surface area contributed by atoms with Crippen molar-refractivity contribution in [2.45, 2.75) is 57.9 Å². The van der Waals surface area contributed by atoms with Crippen LogP contribution in [0.3, 0.4) is 0 Å². The molecule has 1 aliphatic carbocycles. The zero-order valence-corrected chi connectivity index (χ0v) is 19.4. The van der Waals surface area contributed by atoms with Crippen LogP contribution in [0.15, 0.2) is 42.6 Å². The molecule has 6 nitrogen and oxygen atoms in total. The molecular weight excluding hydrogens is 445 g/mol. The Labute approximate surface area is 196 Å². The van der Waals surface area contributed by atoms with Crippen molar-refractivity contribution in [2.75, 3.05) is 18.5 Å². The Balaban J connectivity index is 1.25. The monoisotopic (exact) mass is 474 g/mol. The van der Waals surface area contributed by atoms with Gasteiger partial charge in [-0.3, -0.25) is 0 Å². The van der Waals surface area contributed by atoms with Crippen LogP contribution < -0.4 is 10.1 Å². The summed E-state index contributed by atoms with van der Waals surface area (Å²) in [5.74, 6) is 1.07. The van der Waals surface area contributed by atoms with Crippen LogP contribution in [0.25, 0.3) is 16.9 Å². The molecule has 2 fully saturated rings. The van der Waals surface area contributed by atoms with E-state index in [1.807, 2.05) is 12.1 Å². The van der Waals surface area contributed by atoms with Gasteiger partial charge in [0.1, 0.15) is 11.6 Å². The van der Waals surface area contributed by atoms with E-state index in [1.54, 1.807) is 22.8 Å². The van der Waals surface area contributed by atoms with Gasteiger partial charge in [0.05, 0.1) is 17.5 Å². The van der Waals surface area contributed by atoms with Crippen molar-refractivity contribution in [1.29, 1.82) is 0 Å². The lowest BCUT2D eigenvalue weighted by Gasteiger charge is -2.45. The highest BCUT2D eigenvalue weighted by Crippen LogP contribution is 2.53. The maximum absolute atomic E-state index is 12.4. The van der Waals surface area contributed by atoms with Crippen LogP contribution >= 0.6 is 0 Å². The van der Waals surface area contributed by atoms with Crippen molar-refractivity contribution in [3.8, 4) is 17.0 Å². The summed E-state index contributed by atoms with van der Waals surface area (Å²) < 4.78 is 49.0. The molecule has 1 saturated heterocycles. The fourth-order valence-corrected chi connectivity index (χ4v) is 5.48. The lowest BCUT2D eigenvalue weighted by Crippen LogP contribution is -2.43. The second kappa shape index (κ2) is 8.45. The summed E-state index contributed by atoms with van der Waals surface area (Å²) in [5.41, 5.74) is 2.34. The Hall–Kier alpha value is -2.81. The van der Waals surface area contributed by atoms with Crippen LogP contribution in [0.2, 0.25) is 0 Å². The van der Waals surface area contributed by atoms with E-state index in [2.05, 4.69) is 34.0 Å². The van der Waals surface area contributed by atoms with Crippen molar-refractivity contribution < 1.29 is 22.6 Å². The molecule has 1 aliphatic heterocycles. The molecule has 1 aromatic carbocycles.